The van der Waals surface area contributed by atoms with Crippen molar-refractivity contribution in [1.82, 2.24) is 5.32 Å². The van der Waals surface area contributed by atoms with E-state index in [9.17, 15) is 19.8 Å². The molecule has 0 radical (unpaired) electrons. The van der Waals surface area contributed by atoms with Gasteiger partial charge in [0.25, 0.3) is 0 Å². The number of nitrogens with one attached hydrogen (secondary N) is 1. The Labute approximate surface area is 346 Å². The Hall–Kier alpha value is -2.44. The number of aliphatic hydroxyl groups excluding tert-OH is 2. The smallest absolute Gasteiger partial charge is 0.306 e. The molecular weight excluding hydrogens is 695 g/mol. The minimum atomic E-state index is -0.798. The summed E-state index contributed by atoms with van der Waals surface area (Å²) >= 11 is 0. The summed E-state index contributed by atoms with van der Waals surface area (Å²) in [5, 5.41) is 23.7. The first-order valence-electron chi connectivity index (χ1n) is 23.5. The van der Waals surface area contributed by atoms with Crippen LogP contribution < -0.4 is 5.32 Å². The Kier molecular flexibility index (Phi) is 41.8. The maximum atomic E-state index is 13.1. The summed E-state index contributed by atoms with van der Waals surface area (Å²) < 4.78 is 5.89. The van der Waals surface area contributed by atoms with E-state index in [2.05, 4.69) is 74.7 Å². The number of ether oxygens (including phenoxy) is 1. The molecule has 6 heteroatoms. The van der Waals surface area contributed by atoms with Crippen LogP contribution in [0.1, 0.15) is 220 Å². The third kappa shape index (κ3) is 38.4. The molecule has 6 nitrogen and oxygen atoms in total. The average Bonchev–Trinajstić information content (AvgIpc) is 3.19. The van der Waals surface area contributed by atoms with Gasteiger partial charge in [-0.3, -0.25) is 9.59 Å². The zero-order valence-corrected chi connectivity index (χ0v) is 36.8. The van der Waals surface area contributed by atoms with Crippen molar-refractivity contribution in [2.75, 3.05) is 6.61 Å². The maximum absolute atomic E-state index is 13.1. The van der Waals surface area contributed by atoms with Crippen LogP contribution in [0.3, 0.4) is 0 Å². The van der Waals surface area contributed by atoms with Crippen LogP contribution in [0.2, 0.25) is 0 Å². The normalized spacial score (nSPS) is 13.9. The standard InChI is InChI=1S/C50H89NO5/c1-4-7-10-13-16-19-22-24-25-28-31-34-37-40-43-50(55)56-46(41-38-35-32-29-26-21-18-15-12-9-6-3)44-49(54)51-47(45-52)48(53)42-39-36-33-30-27-23-20-17-14-11-8-5-2/h7,9-10,12,15-16,18-19,21,26,46-48,52-53H,4-6,8,11,13-14,17,20,22-25,27-45H2,1-3H3,(H,51,54)/b10-7+,12-9+,18-15+,19-16+,26-21-. The zero-order chi connectivity index (χ0) is 41.0. The molecule has 0 aromatic rings. The fourth-order valence-electron chi connectivity index (χ4n) is 6.88. The van der Waals surface area contributed by atoms with E-state index in [1.807, 2.05) is 12.2 Å². The molecule has 324 valence electrons. The van der Waals surface area contributed by atoms with Gasteiger partial charge in [0.2, 0.25) is 5.91 Å². The minimum absolute atomic E-state index is 0.0498. The molecule has 0 aromatic heterocycles. The van der Waals surface area contributed by atoms with E-state index < -0.39 is 18.2 Å². The Morgan fingerprint density at radius 2 is 1.05 bits per heavy atom. The maximum Gasteiger partial charge on any atom is 0.306 e. The molecular formula is C50H89NO5. The Bertz CT molecular complexity index is 1010. The lowest BCUT2D eigenvalue weighted by Gasteiger charge is -2.24. The molecule has 0 rings (SSSR count). The fourth-order valence-corrected chi connectivity index (χ4v) is 6.88. The molecule has 0 aliphatic carbocycles. The van der Waals surface area contributed by atoms with Crippen molar-refractivity contribution < 1.29 is 24.5 Å². The summed E-state index contributed by atoms with van der Waals surface area (Å²) in [6.45, 7) is 6.22. The van der Waals surface area contributed by atoms with Crippen molar-refractivity contribution in [3.8, 4) is 0 Å². The third-order valence-electron chi connectivity index (χ3n) is 10.4. The lowest BCUT2D eigenvalue weighted by molar-refractivity contribution is -0.151. The number of rotatable bonds is 41. The van der Waals surface area contributed by atoms with Crippen LogP contribution in [0, 0.1) is 0 Å². The van der Waals surface area contributed by atoms with Crippen LogP contribution >= 0.6 is 0 Å². The number of amides is 1. The van der Waals surface area contributed by atoms with Crippen LogP contribution in [-0.4, -0.2) is 46.9 Å². The number of carbonyl (C=O) groups excluding carboxylic acids is 2. The number of carbonyl (C=O) groups is 2. The molecule has 3 atom stereocenters. The molecule has 0 aliphatic heterocycles. The predicted octanol–water partition coefficient (Wildman–Crippen LogP) is 13.7. The molecule has 0 aliphatic rings. The molecule has 3 N–H and O–H groups in total. The Morgan fingerprint density at radius 1 is 0.554 bits per heavy atom. The molecule has 0 aromatic carbocycles. The van der Waals surface area contributed by atoms with Crippen molar-refractivity contribution in [2.45, 2.75) is 238 Å². The predicted molar refractivity (Wildman–Crippen MR) is 241 cm³/mol. The van der Waals surface area contributed by atoms with Crippen molar-refractivity contribution in [3.63, 3.8) is 0 Å². The number of esters is 1. The Morgan fingerprint density at radius 3 is 1.66 bits per heavy atom. The number of hydrogen-bond acceptors (Lipinski definition) is 5. The van der Waals surface area contributed by atoms with Gasteiger partial charge in [-0.25, -0.2) is 0 Å². The van der Waals surface area contributed by atoms with Gasteiger partial charge in [0, 0.05) is 6.42 Å². The highest BCUT2D eigenvalue weighted by Crippen LogP contribution is 2.17. The van der Waals surface area contributed by atoms with Gasteiger partial charge in [0.15, 0.2) is 0 Å². The minimum Gasteiger partial charge on any atom is -0.462 e. The van der Waals surface area contributed by atoms with Gasteiger partial charge >= 0.3 is 5.97 Å². The first-order valence-corrected chi connectivity index (χ1v) is 23.5. The van der Waals surface area contributed by atoms with E-state index in [0.29, 0.717) is 19.3 Å². The third-order valence-corrected chi connectivity index (χ3v) is 10.4. The topological polar surface area (TPSA) is 95.9 Å². The van der Waals surface area contributed by atoms with Crippen LogP contribution in [-0.2, 0) is 14.3 Å². The Balaban J connectivity index is 4.61. The summed E-state index contributed by atoms with van der Waals surface area (Å²) in [6, 6.07) is -0.714. The SMILES string of the molecule is CC/C=C/C=C/C=C\CCCCCC(CC(=O)NC(CO)C(O)CCCCCCCCCCCCCC)OC(=O)CCCCCCCCC/C=C/C/C=C/CC. The molecule has 0 saturated heterocycles. The lowest BCUT2D eigenvalue weighted by Crippen LogP contribution is -2.46. The second-order valence-electron chi connectivity index (χ2n) is 15.8. The average molecular weight is 784 g/mol. The van der Waals surface area contributed by atoms with Gasteiger partial charge in [-0.05, 0) is 70.6 Å². The van der Waals surface area contributed by atoms with E-state index in [1.54, 1.807) is 0 Å². The molecule has 0 spiro atoms. The quantitative estimate of drug-likeness (QED) is 0.0248. The van der Waals surface area contributed by atoms with Crippen LogP contribution in [0.15, 0.2) is 60.8 Å². The summed E-state index contributed by atoms with van der Waals surface area (Å²) in [6.07, 6.45) is 52.8. The summed E-state index contributed by atoms with van der Waals surface area (Å²) in [5.74, 6) is -0.521. The first kappa shape index (κ1) is 53.6. The second kappa shape index (κ2) is 43.7. The van der Waals surface area contributed by atoms with Crippen molar-refractivity contribution in [2.24, 2.45) is 0 Å². The molecule has 0 saturated carbocycles. The van der Waals surface area contributed by atoms with Gasteiger partial charge < -0.3 is 20.3 Å². The summed E-state index contributed by atoms with van der Waals surface area (Å²) in [7, 11) is 0. The first-order chi connectivity index (χ1) is 27.5. The largest absolute Gasteiger partial charge is 0.462 e. The van der Waals surface area contributed by atoms with Crippen molar-refractivity contribution in [1.29, 1.82) is 0 Å². The van der Waals surface area contributed by atoms with E-state index in [4.69, 9.17) is 4.74 Å². The van der Waals surface area contributed by atoms with Crippen molar-refractivity contribution >= 4 is 11.9 Å². The number of allylic oxidation sites excluding steroid dienone is 10. The lowest BCUT2D eigenvalue weighted by atomic mass is 10.0. The summed E-state index contributed by atoms with van der Waals surface area (Å²) in [4.78, 5) is 26.0. The van der Waals surface area contributed by atoms with E-state index in [0.717, 1.165) is 89.9 Å². The molecule has 56 heavy (non-hydrogen) atoms. The van der Waals surface area contributed by atoms with Gasteiger partial charge in [-0.1, -0.05) is 197 Å². The summed E-state index contributed by atoms with van der Waals surface area (Å²) in [5.41, 5.74) is 0. The number of unbranched alkanes of at least 4 members (excludes halogenated alkanes) is 21. The van der Waals surface area contributed by atoms with Crippen LogP contribution in [0.25, 0.3) is 0 Å². The van der Waals surface area contributed by atoms with Gasteiger partial charge in [-0.15, -0.1) is 0 Å². The highest BCUT2D eigenvalue weighted by atomic mass is 16.5. The zero-order valence-electron chi connectivity index (χ0n) is 36.8. The van der Waals surface area contributed by atoms with Crippen LogP contribution in [0.5, 0.6) is 0 Å². The van der Waals surface area contributed by atoms with Crippen molar-refractivity contribution in [3.05, 3.63) is 60.8 Å². The molecule has 0 heterocycles. The van der Waals surface area contributed by atoms with E-state index in [1.165, 1.54) is 83.5 Å². The number of hydrogen-bond donors (Lipinski definition) is 3. The van der Waals surface area contributed by atoms with Crippen LogP contribution in [0.4, 0.5) is 0 Å². The second-order valence-corrected chi connectivity index (χ2v) is 15.8. The van der Waals surface area contributed by atoms with E-state index >= 15 is 0 Å². The highest BCUT2D eigenvalue weighted by Gasteiger charge is 2.24. The van der Waals surface area contributed by atoms with Gasteiger partial charge in [0.1, 0.15) is 6.10 Å². The van der Waals surface area contributed by atoms with E-state index in [-0.39, 0.29) is 24.9 Å². The van der Waals surface area contributed by atoms with Gasteiger partial charge in [-0.2, -0.15) is 0 Å². The molecule has 1 amide bonds. The molecule has 0 fully saturated rings. The monoisotopic (exact) mass is 784 g/mol. The fraction of sp³-hybridized carbons (Fsp3) is 0.760. The molecule has 3 unspecified atom stereocenters. The number of aliphatic hydroxyl groups is 2. The highest BCUT2D eigenvalue weighted by molar-refractivity contribution is 5.77. The molecule has 0 bridgehead atoms. The van der Waals surface area contributed by atoms with Gasteiger partial charge in [0.05, 0.1) is 25.2 Å².